The van der Waals surface area contributed by atoms with Gasteiger partial charge in [0.1, 0.15) is 11.9 Å². The Balaban J connectivity index is 1.42. The average molecular weight is 382 g/mol. The molecule has 0 aliphatic carbocycles. The Hall–Kier alpha value is -2.60. The van der Waals surface area contributed by atoms with Crippen molar-refractivity contribution in [2.45, 2.75) is 38.3 Å². The van der Waals surface area contributed by atoms with Gasteiger partial charge in [0.15, 0.2) is 0 Å². The van der Waals surface area contributed by atoms with Crippen molar-refractivity contribution in [2.75, 3.05) is 35.7 Å². The minimum atomic E-state index is -0.458. The highest BCUT2D eigenvalue weighted by atomic mass is 19.1. The van der Waals surface area contributed by atoms with Gasteiger partial charge in [0.25, 0.3) is 0 Å². The van der Waals surface area contributed by atoms with Crippen LogP contribution in [-0.4, -0.2) is 38.1 Å². The average Bonchev–Trinajstić information content (AvgIpc) is 3.18. The molecule has 0 aromatic heterocycles. The first-order valence-corrected chi connectivity index (χ1v) is 9.93. The number of carbonyl (C=O) groups excluding carboxylic acids is 1. The van der Waals surface area contributed by atoms with Crippen LogP contribution in [0.25, 0.3) is 0 Å². The molecule has 1 amide bonds. The minimum absolute atomic E-state index is 0.138. The third-order valence-electron chi connectivity index (χ3n) is 5.89. The van der Waals surface area contributed by atoms with Crippen molar-refractivity contribution in [1.29, 1.82) is 0 Å². The van der Waals surface area contributed by atoms with Crippen LogP contribution in [-0.2, 0) is 11.2 Å². The summed E-state index contributed by atoms with van der Waals surface area (Å²) < 4.78 is 14.1. The molecule has 0 saturated carbocycles. The summed E-state index contributed by atoms with van der Waals surface area (Å²) in [6.45, 7) is 3.92. The van der Waals surface area contributed by atoms with E-state index in [0.717, 1.165) is 48.6 Å². The van der Waals surface area contributed by atoms with E-state index in [0.29, 0.717) is 18.0 Å². The monoisotopic (exact) mass is 382 g/mol. The molecule has 2 aromatic rings. The first-order chi connectivity index (χ1) is 13.5. The number of benzene rings is 2. The summed E-state index contributed by atoms with van der Waals surface area (Å²) in [4.78, 5) is 15.1. The molecular weight excluding hydrogens is 355 g/mol. The zero-order valence-corrected chi connectivity index (χ0v) is 16.4. The first kappa shape index (κ1) is 18.7. The summed E-state index contributed by atoms with van der Waals surface area (Å²) in [6, 6.07) is 11.3. The van der Waals surface area contributed by atoms with Crippen molar-refractivity contribution in [3.8, 4) is 0 Å². The predicted molar refractivity (Wildman–Crippen MR) is 112 cm³/mol. The Morgan fingerprint density at radius 1 is 1.21 bits per heavy atom. The zero-order chi connectivity index (χ0) is 19.7. The summed E-state index contributed by atoms with van der Waals surface area (Å²) in [6.07, 6.45) is 2.59. The van der Waals surface area contributed by atoms with Gasteiger partial charge in [-0.05, 0) is 56.6 Å². The van der Waals surface area contributed by atoms with E-state index in [1.165, 1.54) is 6.07 Å². The number of halogens is 1. The third-order valence-corrected chi connectivity index (χ3v) is 5.89. The van der Waals surface area contributed by atoms with Crippen LogP contribution in [0.15, 0.2) is 36.4 Å². The van der Waals surface area contributed by atoms with Crippen molar-refractivity contribution in [3.05, 3.63) is 53.3 Å². The van der Waals surface area contributed by atoms with Crippen molar-refractivity contribution in [1.82, 2.24) is 5.32 Å². The fraction of sp³-hybridized carbons (Fsp3) is 0.409. The molecule has 1 unspecified atom stereocenters. The Bertz CT molecular complexity index is 846. The van der Waals surface area contributed by atoms with Crippen molar-refractivity contribution >= 4 is 23.0 Å². The van der Waals surface area contributed by atoms with Crippen LogP contribution in [0.2, 0.25) is 0 Å². The number of amides is 1. The van der Waals surface area contributed by atoms with Gasteiger partial charge in [0, 0.05) is 48.2 Å². The molecule has 2 aromatic carbocycles. The molecule has 6 heteroatoms. The van der Waals surface area contributed by atoms with E-state index in [1.54, 1.807) is 6.07 Å². The molecule has 2 heterocycles. The van der Waals surface area contributed by atoms with Gasteiger partial charge in [0.2, 0.25) is 5.91 Å². The second-order valence-electron chi connectivity index (χ2n) is 7.71. The van der Waals surface area contributed by atoms with Crippen LogP contribution in [0, 0.1) is 12.7 Å². The SMILES string of the molecule is CNC1CCN(c2cccc(NC(=O)C3Cc4c(F)ccc(C)c4N3)c2)CC1. The van der Waals surface area contributed by atoms with Crippen LogP contribution in [0.4, 0.5) is 21.5 Å². The maximum Gasteiger partial charge on any atom is 0.247 e. The number of anilines is 3. The molecule has 3 N–H and O–H groups in total. The van der Waals surface area contributed by atoms with Crippen molar-refractivity contribution < 1.29 is 9.18 Å². The normalized spacial score (nSPS) is 19.2. The number of nitrogens with zero attached hydrogens (tertiary/aromatic N) is 1. The number of fused-ring (bicyclic) bond motifs is 1. The molecule has 4 rings (SSSR count). The lowest BCUT2D eigenvalue weighted by Gasteiger charge is -2.33. The summed E-state index contributed by atoms with van der Waals surface area (Å²) in [5.41, 5.74) is 4.20. The van der Waals surface area contributed by atoms with E-state index >= 15 is 0 Å². The standard InChI is InChI=1S/C22H27FN4O/c1-14-6-7-19(23)18-13-20(26-21(14)18)22(28)25-16-4-3-5-17(12-16)27-10-8-15(24-2)9-11-27/h3-7,12,15,20,24,26H,8-11,13H2,1-2H3,(H,25,28). The number of aryl methyl sites for hydroxylation is 1. The molecule has 148 valence electrons. The minimum Gasteiger partial charge on any atom is -0.373 e. The summed E-state index contributed by atoms with van der Waals surface area (Å²) >= 11 is 0. The molecule has 1 atom stereocenters. The highest BCUT2D eigenvalue weighted by Gasteiger charge is 2.30. The molecule has 0 spiro atoms. The Labute approximate surface area is 165 Å². The number of piperidine rings is 1. The second-order valence-corrected chi connectivity index (χ2v) is 7.71. The smallest absolute Gasteiger partial charge is 0.247 e. The molecule has 2 aliphatic heterocycles. The number of nitrogens with one attached hydrogen (secondary N) is 3. The van der Waals surface area contributed by atoms with E-state index in [-0.39, 0.29) is 11.7 Å². The molecule has 28 heavy (non-hydrogen) atoms. The highest BCUT2D eigenvalue weighted by molar-refractivity contribution is 5.98. The maximum atomic E-state index is 14.1. The van der Waals surface area contributed by atoms with Crippen LogP contribution < -0.4 is 20.9 Å². The lowest BCUT2D eigenvalue weighted by atomic mass is 10.0. The maximum absolute atomic E-state index is 14.1. The van der Waals surface area contributed by atoms with Crippen LogP contribution >= 0.6 is 0 Å². The van der Waals surface area contributed by atoms with E-state index in [2.05, 4.69) is 26.9 Å². The summed E-state index contributed by atoms with van der Waals surface area (Å²) in [7, 11) is 2.01. The van der Waals surface area contributed by atoms with Crippen LogP contribution in [0.1, 0.15) is 24.0 Å². The molecule has 5 nitrogen and oxygen atoms in total. The van der Waals surface area contributed by atoms with Crippen molar-refractivity contribution in [3.63, 3.8) is 0 Å². The number of hydrogen-bond donors (Lipinski definition) is 3. The van der Waals surface area contributed by atoms with E-state index in [9.17, 15) is 9.18 Å². The highest BCUT2D eigenvalue weighted by Crippen LogP contribution is 2.32. The summed E-state index contributed by atoms with van der Waals surface area (Å²) in [5.74, 6) is -0.392. The second kappa shape index (κ2) is 7.80. The molecule has 1 fully saturated rings. The number of carbonyl (C=O) groups is 1. The largest absolute Gasteiger partial charge is 0.373 e. The molecule has 2 aliphatic rings. The van der Waals surface area contributed by atoms with Gasteiger partial charge in [-0.15, -0.1) is 0 Å². The Morgan fingerprint density at radius 3 is 2.71 bits per heavy atom. The van der Waals surface area contributed by atoms with Crippen LogP contribution in [0.3, 0.4) is 0 Å². The Kier molecular flexibility index (Phi) is 5.22. The van der Waals surface area contributed by atoms with Gasteiger partial charge >= 0.3 is 0 Å². The quantitative estimate of drug-likeness (QED) is 0.760. The third kappa shape index (κ3) is 3.69. The number of hydrogen-bond acceptors (Lipinski definition) is 4. The predicted octanol–water partition coefficient (Wildman–Crippen LogP) is 3.30. The molecular formula is C22H27FN4O. The van der Waals surface area contributed by atoms with E-state index in [4.69, 9.17) is 0 Å². The lowest BCUT2D eigenvalue weighted by molar-refractivity contribution is -0.116. The van der Waals surface area contributed by atoms with Gasteiger partial charge < -0.3 is 20.9 Å². The van der Waals surface area contributed by atoms with E-state index in [1.807, 2.05) is 32.2 Å². The van der Waals surface area contributed by atoms with E-state index < -0.39 is 6.04 Å². The Morgan fingerprint density at radius 2 is 2.00 bits per heavy atom. The fourth-order valence-electron chi connectivity index (χ4n) is 4.16. The van der Waals surface area contributed by atoms with Gasteiger partial charge in [0.05, 0.1) is 0 Å². The number of rotatable bonds is 4. The topological polar surface area (TPSA) is 56.4 Å². The van der Waals surface area contributed by atoms with Crippen molar-refractivity contribution in [2.24, 2.45) is 0 Å². The van der Waals surface area contributed by atoms with Crippen LogP contribution in [0.5, 0.6) is 0 Å². The van der Waals surface area contributed by atoms with Gasteiger partial charge in [-0.3, -0.25) is 4.79 Å². The van der Waals surface area contributed by atoms with Gasteiger partial charge in [-0.2, -0.15) is 0 Å². The molecule has 0 bridgehead atoms. The fourth-order valence-corrected chi connectivity index (χ4v) is 4.16. The first-order valence-electron chi connectivity index (χ1n) is 9.93. The summed E-state index contributed by atoms with van der Waals surface area (Å²) in [5, 5.41) is 9.52. The van der Waals surface area contributed by atoms with Gasteiger partial charge in [-0.1, -0.05) is 12.1 Å². The molecule has 0 radical (unpaired) electrons. The van der Waals surface area contributed by atoms with Gasteiger partial charge in [-0.25, -0.2) is 4.39 Å². The molecule has 1 saturated heterocycles. The zero-order valence-electron chi connectivity index (χ0n) is 16.4. The lowest BCUT2D eigenvalue weighted by Crippen LogP contribution is -2.41.